The van der Waals surface area contributed by atoms with E-state index in [1.165, 1.54) is 16.7 Å². The number of aryl methyl sites for hydroxylation is 1. The third kappa shape index (κ3) is 7.12. The zero-order valence-corrected chi connectivity index (χ0v) is 22.6. The van der Waals surface area contributed by atoms with E-state index in [2.05, 4.69) is 30.0 Å². The van der Waals surface area contributed by atoms with Crippen molar-refractivity contribution in [1.82, 2.24) is 9.47 Å². The number of carboxylic acid groups (broad SMARTS) is 1. The Kier molecular flexibility index (Phi) is 9.15. The number of carbonyl (C=O) groups is 1. The lowest BCUT2D eigenvalue weighted by molar-refractivity contribution is -0.143. The summed E-state index contributed by atoms with van der Waals surface area (Å²) >= 11 is 0. The first-order chi connectivity index (χ1) is 18.7. The fourth-order valence-corrected chi connectivity index (χ4v) is 5.46. The Hall–Kier alpha value is -3.96. The molecule has 0 bridgehead atoms. The summed E-state index contributed by atoms with van der Waals surface area (Å²) in [6.07, 6.45) is 3.27. The van der Waals surface area contributed by atoms with Gasteiger partial charge in [-0.3, -0.25) is 14.3 Å². The molecule has 1 unspecified atom stereocenters. The minimum Gasteiger partial charge on any atom is -0.494 e. The number of aromatic hydroxyl groups is 2. The monoisotopic (exact) mass is 531 g/mol. The van der Waals surface area contributed by atoms with Gasteiger partial charge in [-0.25, -0.2) is 0 Å². The van der Waals surface area contributed by atoms with Crippen LogP contribution in [0.25, 0.3) is 0 Å². The summed E-state index contributed by atoms with van der Waals surface area (Å²) in [6.45, 7) is 6.41. The molecule has 1 aromatic heterocycles. The predicted molar refractivity (Wildman–Crippen MR) is 148 cm³/mol. The van der Waals surface area contributed by atoms with E-state index < -0.39 is 5.97 Å². The van der Waals surface area contributed by atoms with Gasteiger partial charge in [0, 0.05) is 31.3 Å². The molecule has 4 rings (SSSR count). The van der Waals surface area contributed by atoms with Crippen molar-refractivity contribution in [3.63, 3.8) is 0 Å². The van der Waals surface area contributed by atoms with Crippen molar-refractivity contribution in [2.45, 2.75) is 58.7 Å². The van der Waals surface area contributed by atoms with Gasteiger partial charge in [0.1, 0.15) is 12.4 Å². The molecule has 2 aromatic carbocycles. The van der Waals surface area contributed by atoms with Crippen LogP contribution in [-0.4, -0.2) is 43.9 Å². The standard InChI is InChI=1S/C31H37N3O5/c1-21-17-25(7-12-28(21)39-16-15-34-29(35)13-14-30(34)36)20-33(19-24-5-10-27(11-6-24)31(37)38)22(2)26-8-3-23(18-32)4-9-26/h3-4,7-9,12-14,17,22,24,27,35-36H,5-6,10-11,15-16,19-20H2,1-2H3,(H,37,38). The van der Waals surface area contributed by atoms with Crippen LogP contribution >= 0.6 is 0 Å². The van der Waals surface area contributed by atoms with Gasteiger partial charge in [0.15, 0.2) is 11.8 Å². The molecule has 1 aliphatic rings. The number of ether oxygens (including phenoxy) is 1. The van der Waals surface area contributed by atoms with Crippen molar-refractivity contribution < 1.29 is 24.9 Å². The summed E-state index contributed by atoms with van der Waals surface area (Å²) in [5, 5.41) is 38.2. The molecule has 3 N–H and O–H groups in total. The third-order valence-electron chi connectivity index (χ3n) is 7.89. The molecule has 8 heteroatoms. The van der Waals surface area contributed by atoms with Gasteiger partial charge in [0.05, 0.1) is 24.1 Å². The summed E-state index contributed by atoms with van der Waals surface area (Å²) in [4.78, 5) is 13.9. The van der Waals surface area contributed by atoms with Crippen LogP contribution in [0.5, 0.6) is 17.5 Å². The number of hydrogen-bond acceptors (Lipinski definition) is 6. The molecule has 8 nitrogen and oxygen atoms in total. The Morgan fingerprint density at radius 1 is 1.08 bits per heavy atom. The minimum absolute atomic E-state index is 0.00362. The van der Waals surface area contributed by atoms with Crippen molar-refractivity contribution in [2.24, 2.45) is 11.8 Å². The van der Waals surface area contributed by atoms with Crippen LogP contribution < -0.4 is 4.74 Å². The fraction of sp³-hybridized carbons (Fsp3) is 0.419. The summed E-state index contributed by atoms with van der Waals surface area (Å²) < 4.78 is 7.32. The average Bonchev–Trinajstić information content (AvgIpc) is 3.26. The van der Waals surface area contributed by atoms with Gasteiger partial charge in [-0.1, -0.05) is 24.3 Å². The zero-order valence-electron chi connectivity index (χ0n) is 22.6. The van der Waals surface area contributed by atoms with Crippen molar-refractivity contribution in [2.75, 3.05) is 13.2 Å². The number of aromatic nitrogens is 1. The number of benzene rings is 2. The van der Waals surface area contributed by atoms with E-state index in [0.717, 1.165) is 61.2 Å². The highest BCUT2D eigenvalue weighted by atomic mass is 16.5. The molecule has 0 aliphatic heterocycles. The molecular weight excluding hydrogens is 494 g/mol. The smallest absolute Gasteiger partial charge is 0.306 e. The number of nitriles is 1. The molecule has 0 radical (unpaired) electrons. The van der Waals surface area contributed by atoms with Crippen LogP contribution in [0.2, 0.25) is 0 Å². The van der Waals surface area contributed by atoms with Crippen LogP contribution in [0.15, 0.2) is 54.6 Å². The number of rotatable bonds is 11. The van der Waals surface area contributed by atoms with E-state index in [1.54, 1.807) is 0 Å². The highest BCUT2D eigenvalue weighted by molar-refractivity contribution is 5.70. The molecule has 1 saturated carbocycles. The van der Waals surface area contributed by atoms with Crippen LogP contribution in [0.4, 0.5) is 0 Å². The average molecular weight is 532 g/mol. The second kappa shape index (κ2) is 12.7. The first kappa shape index (κ1) is 28.1. The van der Waals surface area contributed by atoms with Crippen molar-refractivity contribution in [3.05, 3.63) is 76.9 Å². The van der Waals surface area contributed by atoms with Gasteiger partial charge in [-0.05, 0) is 80.3 Å². The second-order valence-corrected chi connectivity index (χ2v) is 10.5. The number of aliphatic carboxylic acids is 1. The summed E-state index contributed by atoms with van der Waals surface area (Å²) in [5.41, 5.74) is 3.93. The molecular formula is C31H37N3O5. The van der Waals surface area contributed by atoms with E-state index in [-0.39, 0.29) is 23.7 Å². The van der Waals surface area contributed by atoms with Crippen molar-refractivity contribution in [3.8, 4) is 23.6 Å². The van der Waals surface area contributed by atoms with E-state index in [9.17, 15) is 25.4 Å². The first-order valence-corrected chi connectivity index (χ1v) is 13.5. The Morgan fingerprint density at radius 3 is 2.33 bits per heavy atom. The van der Waals surface area contributed by atoms with Gasteiger partial charge in [-0.15, -0.1) is 0 Å². The fourth-order valence-electron chi connectivity index (χ4n) is 5.46. The van der Waals surface area contributed by atoms with E-state index in [4.69, 9.17) is 4.74 Å². The van der Waals surface area contributed by atoms with Gasteiger partial charge >= 0.3 is 5.97 Å². The molecule has 1 fully saturated rings. The molecule has 0 spiro atoms. The second-order valence-electron chi connectivity index (χ2n) is 10.5. The summed E-state index contributed by atoms with van der Waals surface area (Å²) in [7, 11) is 0. The number of hydrogen-bond donors (Lipinski definition) is 3. The lowest BCUT2D eigenvalue weighted by atomic mass is 9.81. The van der Waals surface area contributed by atoms with Gasteiger partial charge in [0.25, 0.3) is 0 Å². The molecule has 1 heterocycles. The minimum atomic E-state index is -0.684. The Bertz CT molecular complexity index is 1280. The lowest BCUT2D eigenvalue weighted by Crippen LogP contribution is -2.34. The van der Waals surface area contributed by atoms with Gasteiger partial charge in [-0.2, -0.15) is 5.26 Å². The van der Waals surface area contributed by atoms with Crippen LogP contribution in [0, 0.1) is 30.1 Å². The van der Waals surface area contributed by atoms with Crippen LogP contribution in [0.3, 0.4) is 0 Å². The zero-order chi connectivity index (χ0) is 27.9. The first-order valence-electron chi connectivity index (χ1n) is 13.5. The molecule has 206 valence electrons. The van der Waals surface area contributed by atoms with Crippen LogP contribution in [-0.2, 0) is 17.9 Å². The maximum absolute atomic E-state index is 11.4. The molecule has 0 amide bonds. The molecule has 0 saturated heterocycles. The predicted octanol–water partition coefficient (Wildman–Crippen LogP) is 5.61. The highest BCUT2D eigenvalue weighted by Crippen LogP contribution is 2.33. The van der Waals surface area contributed by atoms with E-state index >= 15 is 0 Å². The SMILES string of the molecule is Cc1cc(CN(CC2CCC(C(=O)O)CC2)C(C)c2ccc(C#N)cc2)ccc1OCCn1c(O)ccc1O. The Morgan fingerprint density at radius 2 is 1.74 bits per heavy atom. The van der Waals surface area contributed by atoms with Crippen molar-refractivity contribution in [1.29, 1.82) is 5.26 Å². The van der Waals surface area contributed by atoms with Gasteiger partial charge < -0.3 is 20.1 Å². The quantitative estimate of drug-likeness (QED) is 0.294. The Balaban J connectivity index is 1.44. The van der Waals surface area contributed by atoms with E-state index in [1.807, 2.05) is 37.3 Å². The molecule has 1 aliphatic carbocycles. The largest absolute Gasteiger partial charge is 0.494 e. The molecule has 1 atom stereocenters. The normalized spacial score (nSPS) is 18.0. The van der Waals surface area contributed by atoms with Crippen LogP contribution in [0.1, 0.15) is 60.9 Å². The maximum Gasteiger partial charge on any atom is 0.306 e. The lowest BCUT2D eigenvalue weighted by Gasteiger charge is -2.35. The highest BCUT2D eigenvalue weighted by Gasteiger charge is 2.28. The Labute approximate surface area is 229 Å². The van der Waals surface area contributed by atoms with E-state index in [0.29, 0.717) is 24.6 Å². The third-order valence-corrected chi connectivity index (χ3v) is 7.89. The molecule has 3 aromatic rings. The number of carboxylic acids is 1. The summed E-state index contributed by atoms with van der Waals surface area (Å²) in [6, 6.07) is 19.1. The maximum atomic E-state index is 11.4. The van der Waals surface area contributed by atoms with Crippen molar-refractivity contribution >= 4 is 5.97 Å². The summed E-state index contributed by atoms with van der Waals surface area (Å²) in [5.74, 6) is 0.268. The number of nitrogens with zero attached hydrogens (tertiary/aromatic N) is 3. The molecule has 39 heavy (non-hydrogen) atoms. The van der Waals surface area contributed by atoms with Gasteiger partial charge in [0.2, 0.25) is 0 Å². The topological polar surface area (TPSA) is 119 Å².